The number of nitrogens with one attached hydrogen (secondary N) is 1. The Morgan fingerprint density at radius 1 is 1.39 bits per heavy atom. The molecule has 0 saturated heterocycles. The molecule has 2 rings (SSSR count). The van der Waals surface area contributed by atoms with E-state index in [0.717, 1.165) is 0 Å². The van der Waals surface area contributed by atoms with Crippen molar-refractivity contribution in [3.63, 3.8) is 0 Å². The molecule has 0 unspecified atom stereocenters. The van der Waals surface area contributed by atoms with Crippen LogP contribution in [0.5, 0.6) is 0 Å². The van der Waals surface area contributed by atoms with Crippen molar-refractivity contribution >= 4 is 22.7 Å². The Balaban J connectivity index is 2.15. The summed E-state index contributed by atoms with van der Waals surface area (Å²) in [6.45, 7) is 0.423. The number of carboxylic acid groups (broad SMARTS) is 1. The van der Waals surface area contributed by atoms with Crippen LogP contribution in [0.4, 0.5) is 10.2 Å². The third kappa shape index (κ3) is 2.71. The van der Waals surface area contributed by atoms with Crippen LogP contribution in [0, 0.1) is 5.82 Å². The van der Waals surface area contributed by atoms with E-state index in [1.54, 1.807) is 12.1 Å². The van der Waals surface area contributed by atoms with Gasteiger partial charge in [0.15, 0.2) is 0 Å². The fourth-order valence-corrected chi connectivity index (χ4v) is 1.65. The van der Waals surface area contributed by atoms with Gasteiger partial charge in [-0.05, 0) is 18.6 Å². The monoisotopic (exact) mass is 249 g/mol. The van der Waals surface area contributed by atoms with Gasteiger partial charge in [-0.3, -0.25) is 4.79 Å². The van der Waals surface area contributed by atoms with Crippen LogP contribution in [-0.2, 0) is 4.79 Å². The molecule has 0 saturated carbocycles. The number of hydrogen-bond donors (Lipinski definition) is 2. The molecule has 0 fully saturated rings. The summed E-state index contributed by atoms with van der Waals surface area (Å²) in [5, 5.41) is 11.8. The summed E-state index contributed by atoms with van der Waals surface area (Å²) in [6, 6.07) is 4.62. The van der Waals surface area contributed by atoms with Gasteiger partial charge in [-0.15, -0.1) is 0 Å². The minimum atomic E-state index is -0.851. The first-order valence-corrected chi connectivity index (χ1v) is 5.53. The van der Waals surface area contributed by atoms with Crippen molar-refractivity contribution in [3.05, 3.63) is 30.3 Å². The number of halogens is 1. The van der Waals surface area contributed by atoms with Gasteiger partial charge in [0.05, 0.1) is 10.9 Å². The summed E-state index contributed by atoms with van der Waals surface area (Å²) in [5.74, 6) is -0.854. The van der Waals surface area contributed by atoms with Crippen molar-refractivity contribution in [1.82, 2.24) is 9.97 Å². The molecule has 5 nitrogen and oxygen atoms in total. The van der Waals surface area contributed by atoms with E-state index in [1.807, 2.05) is 0 Å². The van der Waals surface area contributed by atoms with Gasteiger partial charge in [0.25, 0.3) is 0 Å². The second-order valence-electron chi connectivity index (χ2n) is 3.78. The summed E-state index contributed by atoms with van der Waals surface area (Å²) >= 11 is 0. The number of aromatic nitrogens is 2. The van der Waals surface area contributed by atoms with Gasteiger partial charge in [-0.1, -0.05) is 6.07 Å². The van der Waals surface area contributed by atoms with E-state index in [2.05, 4.69) is 15.3 Å². The highest BCUT2D eigenvalue weighted by molar-refractivity contribution is 5.89. The van der Waals surface area contributed by atoms with Crippen LogP contribution in [0.15, 0.2) is 24.5 Å². The Labute approximate surface area is 103 Å². The quantitative estimate of drug-likeness (QED) is 0.793. The first kappa shape index (κ1) is 12.2. The number of aliphatic carboxylic acids is 1. The molecular formula is C12H12FN3O2. The Morgan fingerprint density at radius 2 is 2.22 bits per heavy atom. The van der Waals surface area contributed by atoms with E-state index in [0.29, 0.717) is 29.7 Å². The molecule has 0 aliphatic rings. The predicted molar refractivity (Wildman–Crippen MR) is 64.9 cm³/mol. The summed E-state index contributed by atoms with van der Waals surface area (Å²) in [6.07, 6.45) is 1.87. The van der Waals surface area contributed by atoms with Gasteiger partial charge in [-0.2, -0.15) is 0 Å². The largest absolute Gasteiger partial charge is 0.481 e. The number of rotatable bonds is 5. The standard InChI is InChI=1S/C12H12FN3O2/c13-8-3-1-4-9-11(8)12(16-7-15-9)14-6-2-5-10(17)18/h1,3-4,7H,2,5-6H2,(H,17,18)(H,14,15,16). The lowest BCUT2D eigenvalue weighted by Crippen LogP contribution is -2.07. The van der Waals surface area contributed by atoms with Crippen molar-refractivity contribution in [2.24, 2.45) is 0 Å². The molecule has 94 valence electrons. The first-order chi connectivity index (χ1) is 8.68. The van der Waals surface area contributed by atoms with Gasteiger partial charge in [-0.25, -0.2) is 14.4 Å². The molecule has 0 bridgehead atoms. The molecule has 0 radical (unpaired) electrons. The van der Waals surface area contributed by atoms with E-state index >= 15 is 0 Å². The molecule has 1 heterocycles. The van der Waals surface area contributed by atoms with Crippen LogP contribution in [0.2, 0.25) is 0 Å². The number of carbonyl (C=O) groups is 1. The van der Waals surface area contributed by atoms with E-state index in [1.165, 1.54) is 12.4 Å². The van der Waals surface area contributed by atoms with Crippen molar-refractivity contribution in [1.29, 1.82) is 0 Å². The maximum Gasteiger partial charge on any atom is 0.303 e. The number of carboxylic acids is 1. The van der Waals surface area contributed by atoms with Crippen LogP contribution in [0.3, 0.4) is 0 Å². The number of fused-ring (bicyclic) bond motifs is 1. The highest BCUT2D eigenvalue weighted by Crippen LogP contribution is 2.21. The molecule has 6 heteroatoms. The van der Waals surface area contributed by atoms with Crippen LogP contribution in [0.1, 0.15) is 12.8 Å². The number of anilines is 1. The maximum atomic E-state index is 13.7. The SMILES string of the molecule is O=C(O)CCCNc1ncnc2cccc(F)c12. The zero-order valence-electron chi connectivity index (χ0n) is 9.56. The smallest absolute Gasteiger partial charge is 0.303 e. The zero-order chi connectivity index (χ0) is 13.0. The van der Waals surface area contributed by atoms with E-state index in [-0.39, 0.29) is 6.42 Å². The molecule has 18 heavy (non-hydrogen) atoms. The fourth-order valence-electron chi connectivity index (χ4n) is 1.65. The highest BCUT2D eigenvalue weighted by atomic mass is 19.1. The van der Waals surface area contributed by atoms with E-state index < -0.39 is 11.8 Å². The molecule has 0 aliphatic heterocycles. The second kappa shape index (κ2) is 5.39. The van der Waals surface area contributed by atoms with Crippen LogP contribution in [0.25, 0.3) is 10.9 Å². The lowest BCUT2D eigenvalue weighted by Gasteiger charge is -2.07. The Bertz CT molecular complexity index is 569. The van der Waals surface area contributed by atoms with Crippen LogP contribution < -0.4 is 5.32 Å². The Hall–Kier alpha value is -2.24. The fraction of sp³-hybridized carbons (Fsp3) is 0.250. The molecule has 0 atom stereocenters. The number of nitrogens with zero attached hydrogens (tertiary/aromatic N) is 2. The molecule has 0 spiro atoms. The minimum absolute atomic E-state index is 0.0680. The summed E-state index contributed by atoms with van der Waals surface area (Å²) in [7, 11) is 0. The minimum Gasteiger partial charge on any atom is -0.481 e. The van der Waals surface area contributed by atoms with Crippen molar-refractivity contribution < 1.29 is 14.3 Å². The summed E-state index contributed by atoms with van der Waals surface area (Å²) in [5.41, 5.74) is 0.519. The molecule has 0 amide bonds. The molecule has 2 N–H and O–H groups in total. The first-order valence-electron chi connectivity index (χ1n) is 5.53. The topological polar surface area (TPSA) is 75.1 Å². The lowest BCUT2D eigenvalue weighted by molar-refractivity contribution is -0.137. The number of benzene rings is 1. The highest BCUT2D eigenvalue weighted by Gasteiger charge is 2.08. The number of hydrogen-bond acceptors (Lipinski definition) is 4. The van der Waals surface area contributed by atoms with Crippen molar-refractivity contribution in [2.45, 2.75) is 12.8 Å². The summed E-state index contributed by atoms with van der Waals surface area (Å²) in [4.78, 5) is 18.3. The molecule has 2 aromatic rings. The second-order valence-corrected chi connectivity index (χ2v) is 3.78. The van der Waals surface area contributed by atoms with Gasteiger partial charge < -0.3 is 10.4 Å². The maximum absolute atomic E-state index is 13.7. The van der Waals surface area contributed by atoms with Crippen molar-refractivity contribution in [3.8, 4) is 0 Å². The third-order valence-corrected chi connectivity index (χ3v) is 2.47. The molecule has 0 aliphatic carbocycles. The molecular weight excluding hydrogens is 237 g/mol. The van der Waals surface area contributed by atoms with Gasteiger partial charge in [0, 0.05) is 13.0 Å². The summed E-state index contributed by atoms with van der Waals surface area (Å²) < 4.78 is 13.7. The Morgan fingerprint density at radius 3 is 3.00 bits per heavy atom. The van der Waals surface area contributed by atoms with Gasteiger partial charge >= 0.3 is 5.97 Å². The van der Waals surface area contributed by atoms with Gasteiger partial charge in [0.2, 0.25) is 0 Å². The van der Waals surface area contributed by atoms with Gasteiger partial charge in [0.1, 0.15) is 18.0 Å². The average molecular weight is 249 g/mol. The van der Waals surface area contributed by atoms with E-state index in [4.69, 9.17) is 5.11 Å². The average Bonchev–Trinajstić information content (AvgIpc) is 2.34. The van der Waals surface area contributed by atoms with Crippen LogP contribution in [-0.4, -0.2) is 27.6 Å². The molecule has 1 aromatic heterocycles. The Kier molecular flexibility index (Phi) is 3.66. The molecule has 1 aromatic carbocycles. The third-order valence-electron chi connectivity index (χ3n) is 2.47. The van der Waals surface area contributed by atoms with Crippen molar-refractivity contribution in [2.75, 3.05) is 11.9 Å². The normalized spacial score (nSPS) is 10.5. The predicted octanol–water partition coefficient (Wildman–Crippen LogP) is 2.05. The van der Waals surface area contributed by atoms with Crippen LogP contribution >= 0.6 is 0 Å². The van der Waals surface area contributed by atoms with E-state index in [9.17, 15) is 9.18 Å². The lowest BCUT2D eigenvalue weighted by atomic mass is 10.2. The zero-order valence-corrected chi connectivity index (χ0v) is 9.56.